The molecule has 188 valence electrons. The lowest BCUT2D eigenvalue weighted by Gasteiger charge is -2.31. The molecule has 0 radical (unpaired) electrons. The first-order valence-electron chi connectivity index (χ1n) is 12.1. The Morgan fingerprint density at radius 2 is 1.47 bits per heavy atom. The highest BCUT2D eigenvalue weighted by Crippen LogP contribution is 2.41. The van der Waals surface area contributed by atoms with E-state index in [2.05, 4.69) is 13.8 Å². The molecular weight excluding hydrogens is 452 g/mol. The third-order valence-electron chi connectivity index (χ3n) is 5.76. The minimum absolute atomic E-state index is 0.194. The Kier molecular flexibility index (Phi) is 10.4. The maximum atomic E-state index is 13.8. The highest BCUT2D eigenvalue weighted by molar-refractivity contribution is 7.89. The molecule has 0 aliphatic rings. The lowest BCUT2D eigenvalue weighted by Crippen LogP contribution is -2.35. The van der Waals surface area contributed by atoms with Gasteiger partial charge in [0.2, 0.25) is 10.0 Å². The van der Waals surface area contributed by atoms with Crippen LogP contribution in [-0.4, -0.2) is 50.0 Å². The molecule has 2 aromatic carbocycles. The Bertz CT molecular complexity index is 1040. The van der Waals surface area contributed by atoms with Crippen molar-refractivity contribution in [1.29, 1.82) is 0 Å². The van der Waals surface area contributed by atoms with Crippen molar-refractivity contribution in [2.75, 3.05) is 31.1 Å². The minimum atomic E-state index is -4.09. The van der Waals surface area contributed by atoms with E-state index in [0.29, 0.717) is 30.3 Å². The lowest BCUT2D eigenvalue weighted by molar-refractivity contribution is 0.0692. The summed E-state index contributed by atoms with van der Waals surface area (Å²) in [4.78, 5) is 14.0. The third-order valence-corrected chi connectivity index (χ3v) is 7.88. The van der Waals surface area contributed by atoms with Gasteiger partial charge < -0.3 is 14.7 Å². The fourth-order valence-electron chi connectivity index (χ4n) is 3.82. The molecule has 0 saturated heterocycles. The fraction of sp³-hybridized carbons (Fsp3) is 0.500. The van der Waals surface area contributed by atoms with Crippen molar-refractivity contribution >= 4 is 21.7 Å². The molecule has 0 aromatic heterocycles. The molecule has 0 amide bonds. The topological polar surface area (TPSA) is 87.1 Å². The monoisotopic (exact) mass is 490 g/mol. The summed E-state index contributed by atoms with van der Waals surface area (Å²) < 4.78 is 35.1. The Morgan fingerprint density at radius 3 is 1.94 bits per heavy atom. The zero-order valence-electron chi connectivity index (χ0n) is 21.0. The van der Waals surface area contributed by atoms with Gasteiger partial charge in [0.1, 0.15) is 16.3 Å². The number of carbonyl (C=O) groups is 1. The molecule has 0 unspecified atom stereocenters. The first-order chi connectivity index (χ1) is 16.2. The van der Waals surface area contributed by atoms with E-state index in [1.165, 1.54) is 10.4 Å². The molecule has 0 atom stereocenters. The standard InChI is InChI=1S/C26H38N2O5S/c1-6-10-18-27(19-11-7-2)24-23(33-21-14-12-20(5)13-15-21)17-16-22(26(29)30)25(24)34(31,32)28(8-3)9-4/h12-17H,6-11,18-19H2,1-5H3,(H,29,30). The van der Waals surface area contributed by atoms with Gasteiger partial charge in [-0.2, -0.15) is 4.31 Å². The molecular formula is C26H38N2O5S. The molecule has 0 bridgehead atoms. The molecule has 2 rings (SSSR count). The van der Waals surface area contributed by atoms with E-state index in [-0.39, 0.29) is 23.5 Å². The number of carboxylic acids is 1. The molecule has 0 spiro atoms. The largest absolute Gasteiger partial charge is 0.478 e. The van der Waals surface area contributed by atoms with Crippen LogP contribution in [-0.2, 0) is 10.0 Å². The van der Waals surface area contributed by atoms with Crippen LogP contribution >= 0.6 is 0 Å². The average Bonchev–Trinajstić information content (AvgIpc) is 2.81. The number of aryl methyl sites for hydroxylation is 1. The number of aromatic carboxylic acids is 1. The maximum Gasteiger partial charge on any atom is 0.337 e. The predicted octanol–water partition coefficient (Wildman–Crippen LogP) is 5.92. The molecule has 0 fully saturated rings. The normalized spacial score (nSPS) is 11.6. The van der Waals surface area contributed by atoms with Gasteiger partial charge in [-0.1, -0.05) is 58.2 Å². The van der Waals surface area contributed by atoms with Gasteiger partial charge in [-0.15, -0.1) is 0 Å². The van der Waals surface area contributed by atoms with Crippen LogP contribution in [0.25, 0.3) is 0 Å². The van der Waals surface area contributed by atoms with Crippen molar-refractivity contribution in [3.05, 3.63) is 47.5 Å². The van der Waals surface area contributed by atoms with Crippen LogP contribution in [0, 0.1) is 6.92 Å². The van der Waals surface area contributed by atoms with E-state index >= 15 is 0 Å². The zero-order valence-corrected chi connectivity index (χ0v) is 21.8. The van der Waals surface area contributed by atoms with E-state index in [9.17, 15) is 18.3 Å². The molecule has 2 aromatic rings. The number of ether oxygens (including phenoxy) is 1. The van der Waals surface area contributed by atoms with Crippen LogP contribution in [0.5, 0.6) is 11.5 Å². The van der Waals surface area contributed by atoms with E-state index in [4.69, 9.17) is 4.74 Å². The van der Waals surface area contributed by atoms with Gasteiger partial charge in [0, 0.05) is 26.2 Å². The van der Waals surface area contributed by atoms with Crippen molar-refractivity contribution in [2.45, 2.75) is 65.2 Å². The number of anilines is 1. The summed E-state index contributed by atoms with van der Waals surface area (Å²) in [5, 5.41) is 9.98. The molecule has 8 heteroatoms. The van der Waals surface area contributed by atoms with Gasteiger partial charge in [-0.3, -0.25) is 0 Å². The van der Waals surface area contributed by atoms with Crippen molar-refractivity contribution in [3.63, 3.8) is 0 Å². The summed E-state index contributed by atoms with van der Waals surface area (Å²) in [6.07, 6.45) is 3.53. The van der Waals surface area contributed by atoms with Crippen LogP contribution in [0.1, 0.15) is 69.3 Å². The van der Waals surface area contributed by atoms with Crippen LogP contribution in [0.2, 0.25) is 0 Å². The maximum absolute atomic E-state index is 13.8. The fourth-order valence-corrected chi connectivity index (χ4v) is 5.67. The summed E-state index contributed by atoms with van der Waals surface area (Å²) in [6, 6.07) is 10.4. The molecule has 0 aliphatic heterocycles. The smallest absolute Gasteiger partial charge is 0.337 e. The van der Waals surface area contributed by atoms with Gasteiger partial charge in [0.05, 0.1) is 5.56 Å². The van der Waals surface area contributed by atoms with Gasteiger partial charge in [-0.25, -0.2) is 13.2 Å². The number of sulfonamides is 1. The molecule has 7 nitrogen and oxygen atoms in total. The van der Waals surface area contributed by atoms with Gasteiger partial charge in [0.25, 0.3) is 0 Å². The number of hydrogen-bond acceptors (Lipinski definition) is 5. The van der Waals surface area contributed by atoms with Crippen molar-refractivity contribution in [1.82, 2.24) is 4.31 Å². The van der Waals surface area contributed by atoms with Crippen LogP contribution in [0.15, 0.2) is 41.3 Å². The Balaban J connectivity index is 2.86. The number of rotatable bonds is 14. The van der Waals surface area contributed by atoms with Gasteiger partial charge >= 0.3 is 5.97 Å². The third kappa shape index (κ3) is 6.51. The molecule has 0 saturated carbocycles. The van der Waals surface area contributed by atoms with Gasteiger partial charge in [0.15, 0.2) is 5.75 Å². The average molecular weight is 491 g/mol. The summed E-state index contributed by atoms with van der Waals surface area (Å²) in [7, 11) is -4.09. The Morgan fingerprint density at radius 1 is 0.912 bits per heavy atom. The van der Waals surface area contributed by atoms with Crippen molar-refractivity contribution in [2.24, 2.45) is 0 Å². The Labute approximate surface area is 204 Å². The summed E-state index contributed by atoms with van der Waals surface area (Å²) >= 11 is 0. The second-order valence-electron chi connectivity index (χ2n) is 8.29. The molecule has 0 heterocycles. The highest BCUT2D eigenvalue weighted by atomic mass is 32.2. The summed E-state index contributed by atoms with van der Waals surface area (Å²) in [5.74, 6) is -0.376. The first kappa shape index (κ1) is 27.7. The van der Waals surface area contributed by atoms with Crippen LogP contribution < -0.4 is 9.64 Å². The van der Waals surface area contributed by atoms with E-state index in [1.807, 2.05) is 36.1 Å². The number of nitrogens with zero attached hydrogens (tertiary/aromatic N) is 2. The van der Waals surface area contributed by atoms with Gasteiger partial charge in [-0.05, 0) is 44.0 Å². The number of benzene rings is 2. The second-order valence-corrected chi connectivity index (χ2v) is 10.2. The minimum Gasteiger partial charge on any atom is -0.478 e. The summed E-state index contributed by atoms with van der Waals surface area (Å²) in [5.41, 5.74) is 1.16. The number of unbranched alkanes of at least 4 members (excludes halogenated alkanes) is 2. The lowest BCUT2D eigenvalue weighted by atomic mass is 10.1. The van der Waals surface area contributed by atoms with E-state index in [0.717, 1.165) is 31.2 Å². The van der Waals surface area contributed by atoms with Crippen LogP contribution in [0.3, 0.4) is 0 Å². The molecule has 34 heavy (non-hydrogen) atoms. The van der Waals surface area contributed by atoms with Crippen molar-refractivity contribution in [3.8, 4) is 11.5 Å². The Hall–Kier alpha value is -2.58. The summed E-state index contributed by atoms with van der Waals surface area (Å²) in [6.45, 7) is 11.3. The molecule has 0 aliphatic carbocycles. The zero-order chi connectivity index (χ0) is 25.3. The first-order valence-corrected chi connectivity index (χ1v) is 13.5. The highest BCUT2D eigenvalue weighted by Gasteiger charge is 2.34. The number of hydrogen-bond donors (Lipinski definition) is 1. The predicted molar refractivity (Wildman–Crippen MR) is 137 cm³/mol. The van der Waals surface area contributed by atoms with E-state index in [1.54, 1.807) is 19.9 Å². The van der Waals surface area contributed by atoms with E-state index < -0.39 is 16.0 Å². The van der Waals surface area contributed by atoms with Crippen LogP contribution in [0.4, 0.5) is 5.69 Å². The second kappa shape index (κ2) is 12.8. The molecule has 1 N–H and O–H groups in total. The quantitative estimate of drug-likeness (QED) is 0.354. The number of carboxylic acid groups (broad SMARTS) is 1. The SMILES string of the molecule is CCCCN(CCCC)c1c(Oc2ccc(C)cc2)ccc(C(=O)O)c1S(=O)(=O)N(CC)CC. The van der Waals surface area contributed by atoms with Crippen molar-refractivity contribution < 1.29 is 23.1 Å².